The molecule has 0 aromatic rings. The molecule has 0 amide bonds. The molecule has 4 atom stereocenters. The number of methoxy groups -OCH3 is 1. The minimum absolute atomic E-state index is 0.0520. The van der Waals surface area contributed by atoms with Gasteiger partial charge in [-0.3, -0.25) is 19.2 Å². The third-order valence-electron chi connectivity index (χ3n) is 15.7. The van der Waals surface area contributed by atoms with Crippen molar-refractivity contribution in [2.75, 3.05) is 47.1 Å². The zero-order valence-corrected chi connectivity index (χ0v) is 60.5. The second kappa shape index (κ2) is 77.1. The van der Waals surface area contributed by atoms with E-state index in [4.69, 9.17) is 24.1 Å². The fraction of sp³-hybridized carbons (Fsp3) is 0.905. The maximum Gasteiger partial charge on any atom is 0.306 e. The van der Waals surface area contributed by atoms with Gasteiger partial charge in [0.1, 0.15) is 24.5 Å². The van der Waals surface area contributed by atoms with Crippen LogP contribution in [-0.2, 0) is 52.5 Å². The van der Waals surface area contributed by atoms with E-state index >= 15 is 0 Å². The molecule has 0 aromatic heterocycles. The molecule has 13 nitrogen and oxygen atoms in total. The first-order valence-electron chi connectivity index (χ1n) is 35.8. The molecule has 1 fully saturated rings. The number of ketones is 1. The number of likely N-dealkylation sites (N-methyl/N-ethyl adjacent to an activating group) is 1. The van der Waals surface area contributed by atoms with E-state index in [0.717, 1.165) is 108 Å². The lowest BCUT2D eigenvalue weighted by molar-refractivity contribution is -0.147. The predicted molar refractivity (Wildman–Crippen MR) is 367 cm³/mol. The Kier molecular flexibility index (Phi) is 84.1. The van der Waals surface area contributed by atoms with Crippen LogP contribution >= 0.6 is 0 Å². The molecule has 0 spiro atoms. The van der Waals surface area contributed by atoms with Crippen LogP contribution in [0.15, 0.2) is 0 Å². The Hall–Kier alpha value is -3.19. The lowest BCUT2D eigenvalue weighted by atomic mass is 9.89. The van der Waals surface area contributed by atoms with Crippen LogP contribution < -0.4 is 0 Å². The van der Waals surface area contributed by atoms with Gasteiger partial charge in [-0.05, 0) is 88.0 Å². The molecular weight excluding hydrogens is 1090 g/mol. The first-order valence-corrected chi connectivity index (χ1v) is 35.8. The number of likely N-dealkylation sites (tertiary alicyclic amines) is 1. The van der Waals surface area contributed by atoms with E-state index < -0.39 is 5.97 Å². The molecule has 1 saturated heterocycles. The topological polar surface area (TPSA) is 180 Å². The van der Waals surface area contributed by atoms with Crippen LogP contribution in [0, 0.1) is 35.5 Å². The molecular formula is C74H147NO12. The number of rotatable bonds is 48. The lowest BCUT2D eigenvalue weighted by Gasteiger charge is -2.18. The van der Waals surface area contributed by atoms with Gasteiger partial charge in [-0.1, -0.05) is 257 Å². The molecule has 4 unspecified atom stereocenters. The number of carbonyl (C=O) groups is 7. The van der Waals surface area contributed by atoms with Gasteiger partial charge in [0.2, 0.25) is 0 Å². The Balaban J connectivity index is -0.000000229. The van der Waals surface area contributed by atoms with Gasteiger partial charge in [0.25, 0.3) is 0 Å². The first kappa shape index (κ1) is 94.9. The summed E-state index contributed by atoms with van der Waals surface area (Å²) in [6, 6.07) is 0. The highest BCUT2D eigenvalue weighted by Crippen LogP contribution is 2.23. The number of Topliss-reactive ketones (excluding diaryl/α,β-unsaturated/α-hetero) is 1. The van der Waals surface area contributed by atoms with Gasteiger partial charge in [-0.15, -0.1) is 0 Å². The quantitative estimate of drug-likeness (QED) is 0.0263. The molecule has 0 radical (unpaired) electrons. The van der Waals surface area contributed by atoms with E-state index in [1.165, 1.54) is 161 Å². The summed E-state index contributed by atoms with van der Waals surface area (Å²) in [6.45, 7) is 35.8. The Bertz CT molecular complexity index is 1450. The Morgan fingerprint density at radius 1 is 0.529 bits per heavy atom. The molecule has 520 valence electrons. The minimum Gasteiger partial charge on any atom is -0.481 e. The third kappa shape index (κ3) is 87.1. The average Bonchev–Trinajstić information content (AvgIpc) is 4.15. The Labute approximate surface area is 539 Å². The summed E-state index contributed by atoms with van der Waals surface area (Å²) in [5, 5.41) is 8.95. The maximum atomic E-state index is 11.8. The number of carboxylic acid groups (broad SMARTS) is 1. The number of ether oxygens (including phenoxy) is 4. The number of esters is 3. The van der Waals surface area contributed by atoms with Gasteiger partial charge >= 0.3 is 23.9 Å². The number of hydrogen-bond acceptors (Lipinski definition) is 12. The summed E-state index contributed by atoms with van der Waals surface area (Å²) in [4.78, 5) is 78.1. The van der Waals surface area contributed by atoms with Crippen molar-refractivity contribution in [3.05, 3.63) is 0 Å². The number of aliphatic carboxylic acids is 1. The van der Waals surface area contributed by atoms with E-state index in [9.17, 15) is 33.6 Å². The number of carboxylic acids is 1. The van der Waals surface area contributed by atoms with Gasteiger partial charge in [0, 0.05) is 72.3 Å². The van der Waals surface area contributed by atoms with Crippen LogP contribution in [0.3, 0.4) is 0 Å². The van der Waals surface area contributed by atoms with Crippen molar-refractivity contribution in [2.45, 2.75) is 354 Å². The van der Waals surface area contributed by atoms with Crippen molar-refractivity contribution >= 4 is 42.2 Å². The van der Waals surface area contributed by atoms with E-state index in [0.29, 0.717) is 24.9 Å². The smallest absolute Gasteiger partial charge is 0.306 e. The lowest BCUT2D eigenvalue weighted by Crippen LogP contribution is -2.20. The summed E-state index contributed by atoms with van der Waals surface area (Å²) in [5.41, 5.74) is 0. The highest BCUT2D eigenvalue weighted by Gasteiger charge is 2.22. The van der Waals surface area contributed by atoms with Gasteiger partial charge in [0.15, 0.2) is 0 Å². The van der Waals surface area contributed by atoms with E-state index in [1.54, 1.807) is 14.0 Å². The van der Waals surface area contributed by atoms with Gasteiger partial charge in [0.05, 0.1) is 13.2 Å². The monoisotopic (exact) mass is 1240 g/mol. The van der Waals surface area contributed by atoms with E-state index in [-0.39, 0.29) is 68.0 Å². The number of aldehydes is 2. The molecule has 1 aliphatic rings. The van der Waals surface area contributed by atoms with Crippen LogP contribution in [-0.4, -0.2) is 105 Å². The molecule has 0 aromatic carbocycles. The zero-order chi connectivity index (χ0) is 67.2. The molecule has 1 N–H and O–H groups in total. The molecule has 1 rings (SSSR count). The van der Waals surface area contributed by atoms with Crippen LogP contribution in [0.2, 0.25) is 0 Å². The third-order valence-corrected chi connectivity index (χ3v) is 15.7. The van der Waals surface area contributed by atoms with Gasteiger partial charge in [-0.25, -0.2) is 0 Å². The fourth-order valence-corrected chi connectivity index (χ4v) is 9.36. The largest absolute Gasteiger partial charge is 0.481 e. The number of unbranched alkanes of at least 4 members (excludes halogenated alkanes) is 21. The molecule has 1 aliphatic heterocycles. The van der Waals surface area contributed by atoms with Crippen LogP contribution in [0.4, 0.5) is 0 Å². The summed E-state index contributed by atoms with van der Waals surface area (Å²) < 4.78 is 20.3. The maximum absolute atomic E-state index is 11.8. The number of hydrogen-bond donors (Lipinski definition) is 1. The second-order valence-electron chi connectivity index (χ2n) is 25.4. The van der Waals surface area contributed by atoms with Crippen LogP contribution in [0.1, 0.15) is 348 Å². The summed E-state index contributed by atoms with van der Waals surface area (Å²) in [6.07, 6.45) is 42.5. The summed E-state index contributed by atoms with van der Waals surface area (Å²) in [5.74, 6) is 1.65. The Morgan fingerprint density at radius 3 is 1.25 bits per heavy atom. The average molecular weight is 1240 g/mol. The molecule has 0 aliphatic carbocycles. The molecule has 0 bridgehead atoms. The van der Waals surface area contributed by atoms with Crippen molar-refractivity contribution in [1.82, 2.24) is 4.90 Å². The van der Waals surface area contributed by atoms with Gasteiger partial charge < -0.3 is 43.3 Å². The second-order valence-corrected chi connectivity index (χ2v) is 25.4. The fourth-order valence-electron chi connectivity index (χ4n) is 9.36. The van der Waals surface area contributed by atoms with E-state index in [2.05, 4.69) is 94.9 Å². The molecule has 0 saturated carbocycles. The predicted octanol–water partition coefficient (Wildman–Crippen LogP) is 20.4. The van der Waals surface area contributed by atoms with Crippen molar-refractivity contribution < 1.29 is 57.6 Å². The normalized spacial score (nSPS) is 13.4. The highest BCUT2D eigenvalue weighted by molar-refractivity contribution is 5.75. The minimum atomic E-state index is -0.836. The summed E-state index contributed by atoms with van der Waals surface area (Å²) in [7, 11) is 3.80. The Morgan fingerprint density at radius 2 is 0.931 bits per heavy atom. The van der Waals surface area contributed by atoms with Crippen LogP contribution in [0.5, 0.6) is 0 Å². The molecule has 1 heterocycles. The zero-order valence-electron chi connectivity index (χ0n) is 60.5. The highest BCUT2D eigenvalue weighted by atomic mass is 16.5. The number of carbonyl (C=O) groups excluding carboxylic acids is 6. The first-order chi connectivity index (χ1) is 41.6. The van der Waals surface area contributed by atoms with Crippen molar-refractivity contribution in [3.63, 3.8) is 0 Å². The van der Waals surface area contributed by atoms with Crippen molar-refractivity contribution in [2.24, 2.45) is 35.5 Å². The van der Waals surface area contributed by atoms with Crippen molar-refractivity contribution in [3.8, 4) is 0 Å². The standard InChI is InChI=1S/C18H34O4.C15H26O4.C10H20O.C10H22.C9H20O.C7H13NO2.C5H12/c1-4-6-7-8-9-10-11-22-18(21)14-16(13-17(19)20)12-15(3)5-2;1-2-3-4-5-6-7-12-19-15(18)13-14(8-10-16)9-11-17;1-3-4-5-6-7-8-9-10(2)11;1-5-7-8-10(6-2)9(3)4;1-3-4-5-6-7-8-9-10-2;1-6(9)10-7-3-4-8(2)5-7;1-4-5(2)3/h15-16H,4-14H2,1-3H3,(H,19,20);10-11,14H,2-9,12-13H2,1H3;3-9H2,1-2H3;9-10H,5-8H2,1-4H3;3-9H2,1-2H3;7H,3-5H2,1-2H3;5H,4H2,1-3H3. The summed E-state index contributed by atoms with van der Waals surface area (Å²) >= 11 is 0. The van der Waals surface area contributed by atoms with Gasteiger partial charge in [-0.2, -0.15) is 0 Å². The molecule has 87 heavy (non-hydrogen) atoms. The van der Waals surface area contributed by atoms with Crippen LogP contribution in [0.25, 0.3) is 0 Å². The number of nitrogens with zero attached hydrogens (tertiary/aromatic N) is 1. The van der Waals surface area contributed by atoms with E-state index in [1.807, 2.05) is 7.05 Å². The SMILES string of the molecule is CC(=O)OC1CCN(C)C1.CCC(C)C.CCCCC(CC)C(C)C.CCCCCCCCC(C)=O.CCCCCCCCOC.CCCCCCCCOC(=O)CC(CC(=O)O)CC(C)CC.CCCCCCCCOC(=O)CC(CC=O)CC=O. The van der Waals surface area contributed by atoms with Crippen molar-refractivity contribution in [1.29, 1.82) is 0 Å². The molecule has 13 heteroatoms.